The molecule has 0 radical (unpaired) electrons. The van der Waals surface area contributed by atoms with Crippen LogP contribution in [0.5, 0.6) is 5.88 Å². The summed E-state index contributed by atoms with van der Waals surface area (Å²) in [5.74, 6) is -0.761. The van der Waals surface area contributed by atoms with Gasteiger partial charge in [-0.15, -0.1) is 11.3 Å². The number of fused-ring (bicyclic) bond motifs is 1. The number of H-pyrrole nitrogens is 2. The van der Waals surface area contributed by atoms with Gasteiger partial charge >= 0.3 is 5.97 Å². The van der Waals surface area contributed by atoms with Gasteiger partial charge in [0.25, 0.3) is 5.56 Å². The first-order valence-corrected chi connectivity index (χ1v) is 9.65. The smallest absolute Gasteiger partial charge is 0.341 e. The number of aromatic amines is 2. The number of thiophene rings is 1. The molecule has 3 rings (SSSR count). The molecule has 0 unspecified atom stereocenters. The van der Waals surface area contributed by atoms with Gasteiger partial charge in [0, 0.05) is 11.1 Å². The molecule has 2 aromatic rings. The van der Waals surface area contributed by atoms with Crippen molar-refractivity contribution in [2.75, 3.05) is 6.61 Å². The molecule has 0 atom stereocenters. The highest BCUT2D eigenvalue weighted by Gasteiger charge is 2.25. The number of rotatable bonds is 4. The van der Waals surface area contributed by atoms with Crippen LogP contribution in [0.2, 0.25) is 0 Å². The minimum atomic E-state index is -0.550. The Bertz CT molecular complexity index is 971. The third kappa shape index (κ3) is 3.78. The Morgan fingerprint density at radius 2 is 2.12 bits per heavy atom. The van der Waals surface area contributed by atoms with Gasteiger partial charge in [-0.2, -0.15) is 0 Å². The maximum atomic E-state index is 12.5. The fourth-order valence-electron chi connectivity index (χ4n) is 2.96. The van der Waals surface area contributed by atoms with Crippen molar-refractivity contribution >= 4 is 40.7 Å². The molecule has 0 bridgehead atoms. The molecule has 0 saturated carbocycles. The van der Waals surface area contributed by atoms with E-state index in [0.29, 0.717) is 10.6 Å². The number of carbonyl (C=O) groups excluding carboxylic acids is 1. The summed E-state index contributed by atoms with van der Waals surface area (Å²) in [6, 6.07) is 0. The van der Waals surface area contributed by atoms with Crippen molar-refractivity contribution in [2.45, 2.75) is 39.0 Å². The summed E-state index contributed by atoms with van der Waals surface area (Å²) in [6.07, 6.45) is 6.21. The zero-order valence-corrected chi connectivity index (χ0v) is 15.9. The molecule has 2 heterocycles. The molecule has 138 valence electrons. The van der Waals surface area contributed by atoms with Crippen LogP contribution in [-0.2, 0) is 17.6 Å². The van der Waals surface area contributed by atoms with Gasteiger partial charge in [0.05, 0.1) is 12.2 Å². The number of nitrogens with zero attached hydrogens (tertiary/aromatic N) is 1. The van der Waals surface area contributed by atoms with Crippen LogP contribution in [0.15, 0.2) is 9.79 Å². The molecule has 0 aromatic carbocycles. The first kappa shape index (κ1) is 18.5. The zero-order valence-electron chi connectivity index (χ0n) is 14.3. The molecule has 0 fully saturated rings. The topological polar surface area (TPSA) is 108 Å². The summed E-state index contributed by atoms with van der Waals surface area (Å²) < 4.78 is 5.23. The number of ether oxygens (including phenoxy) is 1. The molecule has 1 aliphatic carbocycles. The Morgan fingerprint density at radius 1 is 1.35 bits per heavy atom. The number of hydrogen-bond acceptors (Lipinski definition) is 7. The van der Waals surface area contributed by atoms with Crippen molar-refractivity contribution in [3.63, 3.8) is 0 Å². The lowest BCUT2D eigenvalue weighted by atomic mass is 10.1. The summed E-state index contributed by atoms with van der Waals surface area (Å²) in [6.45, 7) is 2.04. The minimum Gasteiger partial charge on any atom is -0.494 e. The van der Waals surface area contributed by atoms with Crippen LogP contribution in [-0.4, -0.2) is 33.9 Å². The standard InChI is InChI=1S/C17H19N3O4S2/c1-2-24-16(23)12-9-6-4-3-5-7-11(9)26-15(12)18-8-10-13(21)19-17(25)20-14(10)22/h8H,2-7H2,1H3,(H3,19,20,21,22,25). The van der Waals surface area contributed by atoms with E-state index >= 15 is 0 Å². The first-order chi connectivity index (χ1) is 12.5. The van der Waals surface area contributed by atoms with Gasteiger partial charge in [0.2, 0.25) is 5.88 Å². The fraction of sp³-hybridized carbons (Fsp3) is 0.412. The summed E-state index contributed by atoms with van der Waals surface area (Å²) >= 11 is 6.25. The van der Waals surface area contributed by atoms with Gasteiger partial charge in [0.1, 0.15) is 10.6 Å². The average molecular weight is 393 g/mol. The first-order valence-electron chi connectivity index (χ1n) is 8.42. The van der Waals surface area contributed by atoms with E-state index in [2.05, 4.69) is 15.0 Å². The van der Waals surface area contributed by atoms with Crippen LogP contribution >= 0.6 is 23.6 Å². The molecule has 0 aliphatic heterocycles. The van der Waals surface area contributed by atoms with Crippen LogP contribution in [0.1, 0.15) is 52.5 Å². The SMILES string of the molecule is CCOC(=O)c1c(N=Cc2c(O)[nH]c(=S)[nH]c2=O)sc2c1CCCCC2. The molecule has 0 spiro atoms. The Morgan fingerprint density at radius 3 is 2.85 bits per heavy atom. The summed E-state index contributed by atoms with van der Waals surface area (Å²) in [5.41, 5.74) is 0.885. The number of aromatic nitrogens is 2. The van der Waals surface area contributed by atoms with Crippen LogP contribution in [0, 0.1) is 4.77 Å². The van der Waals surface area contributed by atoms with Gasteiger partial charge in [-0.1, -0.05) is 6.42 Å². The number of aromatic hydroxyl groups is 1. The minimum absolute atomic E-state index is 0.0275. The highest BCUT2D eigenvalue weighted by atomic mass is 32.1. The lowest BCUT2D eigenvalue weighted by Crippen LogP contribution is -2.13. The van der Waals surface area contributed by atoms with Crippen molar-refractivity contribution in [1.29, 1.82) is 0 Å². The molecule has 3 N–H and O–H groups in total. The van der Waals surface area contributed by atoms with E-state index in [4.69, 9.17) is 17.0 Å². The molecule has 26 heavy (non-hydrogen) atoms. The van der Waals surface area contributed by atoms with Gasteiger partial charge in [-0.05, 0) is 50.4 Å². The Balaban J connectivity index is 2.06. The molecule has 9 heteroatoms. The maximum Gasteiger partial charge on any atom is 0.341 e. The largest absolute Gasteiger partial charge is 0.494 e. The molecular weight excluding hydrogens is 374 g/mol. The highest BCUT2D eigenvalue weighted by Crippen LogP contribution is 2.39. The summed E-state index contributed by atoms with van der Waals surface area (Å²) in [7, 11) is 0. The Labute approximate surface area is 158 Å². The van der Waals surface area contributed by atoms with E-state index in [1.54, 1.807) is 6.92 Å². The normalized spacial score (nSPS) is 14.2. The van der Waals surface area contributed by atoms with Crippen LogP contribution in [0.25, 0.3) is 0 Å². The van der Waals surface area contributed by atoms with E-state index in [1.165, 1.54) is 17.6 Å². The van der Waals surface area contributed by atoms with Crippen LogP contribution in [0.4, 0.5) is 5.00 Å². The predicted octanol–water partition coefficient (Wildman–Crippen LogP) is 3.40. The quantitative estimate of drug-likeness (QED) is 0.319. The molecular formula is C17H19N3O4S2. The van der Waals surface area contributed by atoms with Crippen molar-refractivity contribution < 1.29 is 14.6 Å². The second-order valence-electron chi connectivity index (χ2n) is 5.89. The number of carbonyl (C=O) groups is 1. The molecule has 2 aromatic heterocycles. The van der Waals surface area contributed by atoms with Gasteiger partial charge in [0.15, 0.2) is 4.77 Å². The summed E-state index contributed by atoms with van der Waals surface area (Å²) in [5, 5.41) is 10.4. The predicted molar refractivity (Wildman–Crippen MR) is 103 cm³/mol. The molecule has 0 saturated heterocycles. The van der Waals surface area contributed by atoms with Crippen molar-refractivity contribution in [3.8, 4) is 5.88 Å². The fourth-order valence-corrected chi connectivity index (χ4v) is 4.37. The van der Waals surface area contributed by atoms with Crippen LogP contribution < -0.4 is 5.56 Å². The highest BCUT2D eigenvalue weighted by molar-refractivity contribution is 7.71. The number of nitrogens with one attached hydrogen (secondary N) is 2. The number of aryl methyl sites for hydroxylation is 1. The Kier molecular flexibility index (Phi) is 5.67. The molecule has 0 amide bonds. The number of aliphatic imine (C=N–C) groups is 1. The maximum absolute atomic E-state index is 12.5. The van der Waals surface area contributed by atoms with E-state index in [0.717, 1.165) is 42.5 Å². The number of hydrogen-bond donors (Lipinski definition) is 3. The lowest BCUT2D eigenvalue weighted by Gasteiger charge is -2.05. The van der Waals surface area contributed by atoms with Crippen molar-refractivity contribution in [3.05, 3.63) is 36.7 Å². The van der Waals surface area contributed by atoms with Gasteiger partial charge in [-0.25, -0.2) is 9.79 Å². The Hall–Kier alpha value is -2.26. The van der Waals surface area contributed by atoms with Gasteiger partial charge < -0.3 is 14.8 Å². The zero-order chi connectivity index (χ0) is 18.7. The lowest BCUT2D eigenvalue weighted by molar-refractivity contribution is 0.0526. The summed E-state index contributed by atoms with van der Waals surface area (Å²) in [4.78, 5) is 34.8. The second-order valence-corrected chi connectivity index (χ2v) is 7.39. The molecule has 7 nitrogen and oxygen atoms in total. The monoisotopic (exact) mass is 393 g/mol. The van der Waals surface area contributed by atoms with Crippen molar-refractivity contribution in [2.24, 2.45) is 4.99 Å². The third-order valence-corrected chi connectivity index (χ3v) is 5.56. The second kappa shape index (κ2) is 7.96. The van der Waals surface area contributed by atoms with E-state index in [-0.39, 0.29) is 22.8 Å². The van der Waals surface area contributed by atoms with Gasteiger partial charge in [-0.3, -0.25) is 9.78 Å². The van der Waals surface area contributed by atoms with E-state index in [1.807, 2.05) is 0 Å². The van der Waals surface area contributed by atoms with Crippen LogP contribution in [0.3, 0.4) is 0 Å². The van der Waals surface area contributed by atoms with E-state index in [9.17, 15) is 14.7 Å². The number of esters is 1. The molecule has 1 aliphatic rings. The third-order valence-electron chi connectivity index (χ3n) is 4.15. The average Bonchev–Trinajstić information content (AvgIpc) is 2.75. The van der Waals surface area contributed by atoms with Crippen molar-refractivity contribution in [1.82, 2.24) is 9.97 Å². The van der Waals surface area contributed by atoms with E-state index < -0.39 is 11.5 Å².